The SMILES string of the molecule is O=C(c1ccc(O[C@H]2CCSC2)nc1)N1CCC(F)(F)CC1. The molecule has 0 unspecified atom stereocenters. The van der Waals surface area contributed by atoms with Gasteiger partial charge in [-0.15, -0.1) is 0 Å². The van der Waals surface area contributed by atoms with Gasteiger partial charge in [0.25, 0.3) is 11.8 Å². The van der Waals surface area contributed by atoms with Crippen LogP contribution < -0.4 is 4.74 Å². The van der Waals surface area contributed by atoms with E-state index >= 15 is 0 Å². The Morgan fingerprint density at radius 3 is 2.73 bits per heavy atom. The molecule has 1 amide bonds. The zero-order valence-corrected chi connectivity index (χ0v) is 13.0. The third kappa shape index (κ3) is 3.69. The second-order valence-electron chi connectivity index (χ2n) is 5.64. The minimum Gasteiger partial charge on any atom is -0.473 e. The number of carbonyl (C=O) groups excluding carboxylic acids is 1. The molecule has 1 aromatic rings. The Labute approximate surface area is 132 Å². The molecular weight excluding hydrogens is 310 g/mol. The summed E-state index contributed by atoms with van der Waals surface area (Å²) < 4.78 is 32.0. The Hall–Kier alpha value is -1.37. The summed E-state index contributed by atoms with van der Waals surface area (Å²) >= 11 is 1.85. The Morgan fingerprint density at radius 2 is 2.14 bits per heavy atom. The molecule has 120 valence electrons. The van der Waals surface area contributed by atoms with E-state index in [-0.39, 0.29) is 37.9 Å². The Morgan fingerprint density at radius 1 is 1.36 bits per heavy atom. The van der Waals surface area contributed by atoms with Crippen molar-refractivity contribution in [1.29, 1.82) is 0 Å². The van der Waals surface area contributed by atoms with Gasteiger partial charge in [-0.2, -0.15) is 11.8 Å². The van der Waals surface area contributed by atoms with Gasteiger partial charge in [-0.25, -0.2) is 13.8 Å². The third-order valence-corrected chi connectivity index (χ3v) is 5.07. The summed E-state index contributed by atoms with van der Waals surface area (Å²) in [6.45, 7) is 0.173. The number of likely N-dealkylation sites (tertiary alicyclic amines) is 1. The predicted octanol–water partition coefficient (Wildman–Crippen LogP) is 2.84. The fourth-order valence-corrected chi connectivity index (χ4v) is 3.67. The quantitative estimate of drug-likeness (QED) is 0.856. The van der Waals surface area contributed by atoms with Gasteiger partial charge in [0, 0.05) is 43.9 Å². The first-order chi connectivity index (χ1) is 10.5. The molecule has 1 aromatic heterocycles. The van der Waals surface area contributed by atoms with Gasteiger partial charge in [-0.1, -0.05) is 0 Å². The van der Waals surface area contributed by atoms with Crippen LogP contribution >= 0.6 is 11.8 Å². The van der Waals surface area contributed by atoms with Gasteiger partial charge in [-0.05, 0) is 18.2 Å². The molecule has 4 nitrogen and oxygen atoms in total. The summed E-state index contributed by atoms with van der Waals surface area (Å²) in [5, 5.41) is 0. The van der Waals surface area contributed by atoms with E-state index in [1.807, 2.05) is 11.8 Å². The van der Waals surface area contributed by atoms with E-state index in [0.717, 1.165) is 17.9 Å². The molecule has 3 heterocycles. The van der Waals surface area contributed by atoms with Crippen LogP contribution in [0.25, 0.3) is 0 Å². The molecule has 0 saturated carbocycles. The highest BCUT2D eigenvalue weighted by atomic mass is 32.2. The molecule has 0 radical (unpaired) electrons. The summed E-state index contributed by atoms with van der Waals surface area (Å²) in [5.74, 6) is -0.322. The van der Waals surface area contributed by atoms with Gasteiger partial charge >= 0.3 is 0 Å². The molecule has 0 aliphatic carbocycles. The molecule has 3 rings (SSSR count). The van der Waals surface area contributed by atoms with Crippen LogP contribution in [0.15, 0.2) is 18.3 Å². The number of aromatic nitrogens is 1. The number of thioether (sulfide) groups is 1. The van der Waals surface area contributed by atoms with Gasteiger partial charge < -0.3 is 9.64 Å². The standard InChI is InChI=1S/C15H18F2N2O2S/c16-15(17)4-6-19(7-5-15)14(20)11-1-2-13(18-9-11)21-12-3-8-22-10-12/h1-2,9,12H,3-8,10H2/t12-/m0/s1. The van der Waals surface area contributed by atoms with E-state index < -0.39 is 5.92 Å². The molecule has 2 fully saturated rings. The topological polar surface area (TPSA) is 42.4 Å². The molecule has 7 heteroatoms. The molecule has 2 aliphatic rings. The lowest BCUT2D eigenvalue weighted by Gasteiger charge is -2.31. The molecule has 0 aromatic carbocycles. The van der Waals surface area contributed by atoms with E-state index in [9.17, 15) is 13.6 Å². The zero-order chi connectivity index (χ0) is 15.6. The molecule has 2 saturated heterocycles. The van der Waals surface area contributed by atoms with Crippen LogP contribution in [0.5, 0.6) is 5.88 Å². The van der Waals surface area contributed by atoms with Crippen molar-refractivity contribution >= 4 is 17.7 Å². The van der Waals surface area contributed by atoms with Crippen molar-refractivity contribution in [2.24, 2.45) is 0 Å². The van der Waals surface area contributed by atoms with Crippen molar-refractivity contribution in [3.05, 3.63) is 23.9 Å². The highest BCUT2D eigenvalue weighted by Gasteiger charge is 2.35. The summed E-state index contributed by atoms with van der Waals surface area (Å²) in [7, 11) is 0. The smallest absolute Gasteiger partial charge is 0.255 e. The predicted molar refractivity (Wildman–Crippen MR) is 80.7 cm³/mol. The number of nitrogens with zero attached hydrogens (tertiary/aromatic N) is 2. The lowest BCUT2D eigenvalue weighted by molar-refractivity contribution is -0.0494. The number of amides is 1. The maximum absolute atomic E-state index is 13.1. The lowest BCUT2D eigenvalue weighted by Crippen LogP contribution is -2.42. The van der Waals surface area contributed by atoms with Gasteiger partial charge in [0.2, 0.25) is 5.88 Å². The van der Waals surface area contributed by atoms with E-state index in [4.69, 9.17) is 4.74 Å². The largest absolute Gasteiger partial charge is 0.473 e. The number of ether oxygens (including phenoxy) is 1. The van der Waals surface area contributed by atoms with Crippen LogP contribution in [-0.2, 0) is 0 Å². The highest BCUT2D eigenvalue weighted by molar-refractivity contribution is 7.99. The molecule has 2 aliphatic heterocycles. The third-order valence-electron chi connectivity index (χ3n) is 3.94. The first-order valence-corrected chi connectivity index (χ1v) is 8.56. The lowest BCUT2D eigenvalue weighted by atomic mass is 10.1. The Balaban J connectivity index is 1.59. The summed E-state index contributed by atoms with van der Waals surface area (Å²) in [6, 6.07) is 3.33. The number of carbonyl (C=O) groups is 1. The van der Waals surface area contributed by atoms with E-state index in [2.05, 4.69) is 4.98 Å². The Kier molecular flexibility index (Phi) is 4.52. The van der Waals surface area contributed by atoms with Crippen molar-refractivity contribution < 1.29 is 18.3 Å². The summed E-state index contributed by atoms with van der Waals surface area (Å²) in [5.41, 5.74) is 0.415. The Bertz CT molecular complexity index is 523. The molecule has 0 bridgehead atoms. The van der Waals surface area contributed by atoms with Crippen molar-refractivity contribution in [3.63, 3.8) is 0 Å². The number of hydrogen-bond acceptors (Lipinski definition) is 4. The number of rotatable bonds is 3. The number of hydrogen-bond donors (Lipinski definition) is 0. The maximum atomic E-state index is 13.1. The monoisotopic (exact) mass is 328 g/mol. The van der Waals surface area contributed by atoms with Crippen molar-refractivity contribution in [2.75, 3.05) is 24.6 Å². The van der Waals surface area contributed by atoms with Gasteiger partial charge in [-0.3, -0.25) is 4.79 Å². The maximum Gasteiger partial charge on any atom is 0.255 e. The van der Waals surface area contributed by atoms with Crippen molar-refractivity contribution in [3.8, 4) is 5.88 Å². The highest BCUT2D eigenvalue weighted by Crippen LogP contribution is 2.28. The molecule has 22 heavy (non-hydrogen) atoms. The molecule has 1 atom stereocenters. The van der Waals surface area contributed by atoms with Crippen LogP contribution in [0, 0.1) is 0 Å². The first kappa shape index (κ1) is 15.5. The van der Waals surface area contributed by atoms with Crippen molar-refractivity contribution in [2.45, 2.75) is 31.3 Å². The van der Waals surface area contributed by atoms with Crippen LogP contribution in [0.2, 0.25) is 0 Å². The average Bonchev–Trinajstić information content (AvgIpc) is 3.00. The van der Waals surface area contributed by atoms with Gasteiger partial charge in [0.15, 0.2) is 0 Å². The number of halogens is 2. The van der Waals surface area contributed by atoms with E-state index in [0.29, 0.717) is 11.4 Å². The van der Waals surface area contributed by atoms with E-state index in [1.54, 1.807) is 12.1 Å². The van der Waals surface area contributed by atoms with Gasteiger partial charge in [0.1, 0.15) is 6.10 Å². The average molecular weight is 328 g/mol. The fraction of sp³-hybridized carbons (Fsp3) is 0.600. The number of piperidine rings is 1. The number of alkyl halides is 2. The zero-order valence-electron chi connectivity index (χ0n) is 12.1. The van der Waals surface area contributed by atoms with Gasteiger partial charge in [0.05, 0.1) is 5.56 Å². The first-order valence-electron chi connectivity index (χ1n) is 7.41. The second kappa shape index (κ2) is 6.40. The summed E-state index contributed by atoms with van der Waals surface area (Å²) in [4.78, 5) is 17.9. The normalized spacial score (nSPS) is 24.3. The van der Waals surface area contributed by atoms with Crippen LogP contribution in [0.4, 0.5) is 8.78 Å². The summed E-state index contributed by atoms with van der Waals surface area (Å²) in [6.07, 6.45) is 2.12. The molecular formula is C15H18F2N2O2S. The fourth-order valence-electron chi connectivity index (χ4n) is 2.57. The molecule has 0 N–H and O–H groups in total. The minimum atomic E-state index is -2.65. The number of pyridine rings is 1. The van der Waals surface area contributed by atoms with Crippen LogP contribution in [0.1, 0.15) is 29.6 Å². The van der Waals surface area contributed by atoms with Crippen molar-refractivity contribution in [1.82, 2.24) is 9.88 Å². The minimum absolute atomic E-state index is 0.0867. The molecule has 0 spiro atoms. The van der Waals surface area contributed by atoms with Crippen LogP contribution in [0.3, 0.4) is 0 Å². The second-order valence-corrected chi connectivity index (χ2v) is 6.79. The van der Waals surface area contributed by atoms with E-state index in [1.165, 1.54) is 11.1 Å². The van der Waals surface area contributed by atoms with Crippen LogP contribution in [-0.4, -0.2) is 52.4 Å².